The molecule has 2 rings (SSSR count). The minimum atomic E-state index is -0.418. The Kier molecular flexibility index (Phi) is 8.06. The van der Waals surface area contributed by atoms with Crippen molar-refractivity contribution >= 4 is 23.5 Å². The zero-order chi connectivity index (χ0) is 19.6. The first kappa shape index (κ1) is 20.7. The molecule has 8 heteroatoms. The summed E-state index contributed by atoms with van der Waals surface area (Å²) in [4.78, 5) is 24.9. The summed E-state index contributed by atoms with van der Waals surface area (Å²) in [6.45, 7) is 1.30. The van der Waals surface area contributed by atoms with E-state index in [2.05, 4.69) is 20.7 Å². The molecule has 0 saturated carbocycles. The number of hydrogen-bond acceptors (Lipinski definition) is 7. The number of ether oxygens (including phenoxy) is 2. The highest BCUT2D eigenvalue weighted by Gasteiger charge is 2.21. The van der Waals surface area contributed by atoms with Crippen LogP contribution in [-0.2, 0) is 20.7 Å². The average molecular weight is 376 g/mol. The van der Waals surface area contributed by atoms with E-state index in [0.717, 1.165) is 37.1 Å². The fourth-order valence-electron chi connectivity index (χ4n) is 2.68. The van der Waals surface area contributed by atoms with Gasteiger partial charge in [-0.3, -0.25) is 5.43 Å². The molecule has 1 aromatic rings. The van der Waals surface area contributed by atoms with E-state index in [4.69, 9.17) is 9.47 Å². The maximum atomic E-state index is 11.9. The Morgan fingerprint density at radius 3 is 2.70 bits per heavy atom. The van der Waals surface area contributed by atoms with Gasteiger partial charge in [-0.25, -0.2) is 9.59 Å². The predicted molar refractivity (Wildman–Crippen MR) is 104 cm³/mol. The molecule has 1 amide bonds. The molecule has 8 nitrogen and oxygen atoms in total. The zero-order valence-corrected chi connectivity index (χ0v) is 16.2. The van der Waals surface area contributed by atoms with Crippen LogP contribution in [0.1, 0.15) is 24.8 Å². The third-order valence-electron chi connectivity index (χ3n) is 4.23. The number of aryl methyl sites for hydroxylation is 1. The van der Waals surface area contributed by atoms with Gasteiger partial charge in [0.05, 0.1) is 18.8 Å². The van der Waals surface area contributed by atoms with E-state index in [-0.39, 0.29) is 12.1 Å². The van der Waals surface area contributed by atoms with Crippen LogP contribution in [0.3, 0.4) is 0 Å². The van der Waals surface area contributed by atoms with Crippen molar-refractivity contribution in [2.24, 2.45) is 5.10 Å². The Hall–Kier alpha value is -2.61. The van der Waals surface area contributed by atoms with E-state index in [1.54, 1.807) is 0 Å². The zero-order valence-electron chi connectivity index (χ0n) is 16.2. The van der Waals surface area contributed by atoms with Crippen molar-refractivity contribution in [2.75, 3.05) is 39.8 Å². The number of rotatable bonds is 10. The maximum Gasteiger partial charge on any atom is 0.407 e. The Balaban J connectivity index is 1.85. The van der Waals surface area contributed by atoms with Crippen LogP contribution in [0.25, 0.3) is 0 Å². The van der Waals surface area contributed by atoms with Gasteiger partial charge in [-0.15, -0.1) is 0 Å². The van der Waals surface area contributed by atoms with E-state index >= 15 is 0 Å². The lowest BCUT2D eigenvalue weighted by atomic mass is 10.1. The van der Waals surface area contributed by atoms with Crippen molar-refractivity contribution in [1.82, 2.24) is 10.2 Å². The quantitative estimate of drug-likeness (QED) is 0.369. The number of carbonyl (C=O) groups excluding carboxylic acids is 2. The molecule has 0 aliphatic carbocycles. The molecule has 1 aliphatic rings. The summed E-state index contributed by atoms with van der Waals surface area (Å²) in [6, 6.07) is 7.90. The lowest BCUT2D eigenvalue weighted by molar-refractivity contribution is -0.132. The van der Waals surface area contributed by atoms with Crippen LogP contribution in [0.2, 0.25) is 0 Å². The van der Waals surface area contributed by atoms with Gasteiger partial charge in [-0.2, -0.15) is 5.10 Å². The van der Waals surface area contributed by atoms with Gasteiger partial charge in [0.15, 0.2) is 0 Å². The van der Waals surface area contributed by atoms with Crippen molar-refractivity contribution in [3.63, 3.8) is 0 Å². The smallest absolute Gasteiger partial charge is 0.407 e. The fourth-order valence-corrected chi connectivity index (χ4v) is 2.68. The average Bonchev–Trinajstić information content (AvgIpc) is 3.08. The van der Waals surface area contributed by atoms with E-state index in [1.165, 1.54) is 7.11 Å². The molecule has 0 radical (unpaired) electrons. The van der Waals surface area contributed by atoms with Gasteiger partial charge in [0, 0.05) is 6.42 Å². The third-order valence-corrected chi connectivity index (χ3v) is 4.23. The summed E-state index contributed by atoms with van der Waals surface area (Å²) in [5.41, 5.74) is 5.25. The van der Waals surface area contributed by atoms with Crippen LogP contribution in [0.4, 0.5) is 10.5 Å². The minimum Gasteiger partial charge on any atom is -0.464 e. The van der Waals surface area contributed by atoms with Crippen LogP contribution in [-0.4, -0.2) is 63.1 Å². The van der Waals surface area contributed by atoms with Crippen LogP contribution in [0.5, 0.6) is 0 Å². The van der Waals surface area contributed by atoms with E-state index < -0.39 is 5.97 Å². The predicted octanol–water partition coefficient (Wildman–Crippen LogP) is 2.01. The maximum absolute atomic E-state index is 11.9. The summed E-state index contributed by atoms with van der Waals surface area (Å²) in [6.07, 6.45) is 2.70. The van der Waals surface area contributed by atoms with Crippen molar-refractivity contribution in [3.8, 4) is 0 Å². The topological polar surface area (TPSA) is 92.3 Å². The molecule has 1 aromatic carbocycles. The first-order valence-corrected chi connectivity index (χ1v) is 9.05. The van der Waals surface area contributed by atoms with E-state index in [0.29, 0.717) is 18.7 Å². The van der Waals surface area contributed by atoms with Gasteiger partial charge in [0.25, 0.3) is 0 Å². The lowest BCUT2D eigenvalue weighted by Crippen LogP contribution is -2.26. The number of nitrogens with zero attached hydrogens (tertiary/aromatic N) is 2. The number of amides is 1. The monoisotopic (exact) mass is 376 g/mol. The number of hydrazone groups is 1. The largest absolute Gasteiger partial charge is 0.464 e. The summed E-state index contributed by atoms with van der Waals surface area (Å²) >= 11 is 0. The minimum absolute atomic E-state index is 0.0738. The molecule has 148 valence electrons. The summed E-state index contributed by atoms with van der Waals surface area (Å²) in [5, 5.41) is 6.99. The SMILES string of the molecule is COC(=O)/C(CCCN(C)C)=N\Nc1ccc(CCC2COC(=O)N2)cc1. The molecule has 0 aromatic heterocycles. The molecule has 1 saturated heterocycles. The van der Waals surface area contributed by atoms with E-state index in [1.807, 2.05) is 38.4 Å². The van der Waals surface area contributed by atoms with Gasteiger partial charge < -0.3 is 19.7 Å². The first-order valence-electron chi connectivity index (χ1n) is 9.05. The van der Waals surface area contributed by atoms with Gasteiger partial charge in [0.2, 0.25) is 0 Å². The normalized spacial score (nSPS) is 16.8. The molecule has 1 heterocycles. The molecule has 1 unspecified atom stereocenters. The second kappa shape index (κ2) is 10.5. The number of anilines is 1. The van der Waals surface area contributed by atoms with Crippen LogP contribution < -0.4 is 10.7 Å². The summed E-state index contributed by atoms with van der Waals surface area (Å²) in [7, 11) is 5.33. The van der Waals surface area contributed by atoms with Crippen molar-refractivity contribution in [1.29, 1.82) is 0 Å². The Morgan fingerprint density at radius 2 is 2.11 bits per heavy atom. The second-order valence-corrected chi connectivity index (χ2v) is 6.74. The van der Waals surface area contributed by atoms with Crippen molar-refractivity contribution in [3.05, 3.63) is 29.8 Å². The number of carbonyl (C=O) groups is 2. The molecule has 27 heavy (non-hydrogen) atoms. The van der Waals surface area contributed by atoms with Gasteiger partial charge in [0.1, 0.15) is 12.3 Å². The highest BCUT2D eigenvalue weighted by molar-refractivity contribution is 6.36. The van der Waals surface area contributed by atoms with Crippen molar-refractivity contribution in [2.45, 2.75) is 31.7 Å². The number of alkyl carbamates (subject to hydrolysis) is 1. The van der Waals surface area contributed by atoms with Crippen LogP contribution in [0, 0.1) is 0 Å². The summed E-state index contributed by atoms with van der Waals surface area (Å²) < 4.78 is 9.68. The highest BCUT2D eigenvalue weighted by Crippen LogP contribution is 2.13. The van der Waals surface area contributed by atoms with Gasteiger partial charge in [-0.05, 0) is 57.6 Å². The number of nitrogens with one attached hydrogen (secondary N) is 2. The molecular weight excluding hydrogens is 348 g/mol. The number of benzene rings is 1. The van der Waals surface area contributed by atoms with Gasteiger partial charge in [-0.1, -0.05) is 12.1 Å². The number of hydrogen-bond donors (Lipinski definition) is 2. The standard InChI is InChI=1S/C19H28N4O4/c1-23(2)12-4-5-17(18(24)26-3)22-21-15-9-6-14(7-10-15)8-11-16-13-27-19(25)20-16/h6-7,9-10,16,21H,4-5,8,11-13H2,1-3H3,(H,20,25)/b22-17-. The van der Waals surface area contributed by atoms with Gasteiger partial charge >= 0.3 is 12.1 Å². The van der Waals surface area contributed by atoms with Crippen LogP contribution >= 0.6 is 0 Å². The molecule has 0 bridgehead atoms. The Bertz CT molecular complexity index is 658. The molecule has 1 fully saturated rings. The number of methoxy groups -OCH3 is 1. The Morgan fingerprint density at radius 1 is 1.37 bits per heavy atom. The summed E-state index contributed by atoms with van der Waals surface area (Å²) in [5.74, 6) is -0.418. The van der Waals surface area contributed by atoms with Crippen molar-refractivity contribution < 1.29 is 19.1 Å². The second-order valence-electron chi connectivity index (χ2n) is 6.74. The number of cyclic esters (lactones) is 1. The molecule has 1 aliphatic heterocycles. The first-order chi connectivity index (χ1) is 13.0. The third kappa shape index (κ3) is 7.26. The number of esters is 1. The fraction of sp³-hybridized carbons (Fsp3) is 0.526. The lowest BCUT2D eigenvalue weighted by Gasteiger charge is -2.10. The molecule has 1 atom stereocenters. The Labute approximate surface area is 159 Å². The molecular formula is C19H28N4O4. The molecule has 2 N–H and O–H groups in total. The van der Waals surface area contributed by atoms with E-state index in [9.17, 15) is 9.59 Å². The highest BCUT2D eigenvalue weighted by atomic mass is 16.6. The molecule has 0 spiro atoms. The van der Waals surface area contributed by atoms with Crippen LogP contribution in [0.15, 0.2) is 29.4 Å².